The summed E-state index contributed by atoms with van der Waals surface area (Å²) in [5.41, 5.74) is 1.27. The molecule has 0 amide bonds. The molecule has 9 nitrogen and oxygen atoms in total. The Balaban J connectivity index is 1.60. The molecular formula is C22H24N6O3S. The van der Waals surface area contributed by atoms with Gasteiger partial charge in [-0.15, -0.1) is 0 Å². The highest BCUT2D eigenvalue weighted by molar-refractivity contribution is 7.92. The lowest BCUT2D eigenvalue weighted by atomic mass is 9.93. The van der Waals surface area contributed by atoms with Gasteiger partial charge in [0.05, 0.1) is 10.5 Å². The Morgan fingerprint density at radius 3 is 2.72 bits per heavy atom. The van der Waals surface area contributed by atoms with Crippen molar-refractivity contribution in [3.8, 4) is 11.8 Å². The van der Waals surface area contributed by atoms with Crippen LogP contribution in [0.25, 0.3) is 0 Å². The van der Waals surface area contributed by atoms with Gasteiger partial charge in [0.1, 0.15) is 30.1 Å². The van der Waals surface area contributed by atoms with E-state index in [2.05, 4.69) is 25.9 Å². The highest BCUT2D eigenvalue weighted by Crippen LogP contribution is 2.35. The summed E-state index contributed by atoms with van der Waals surface area (Å²) in [6, 6.07) is 9.85. The summed E-state index contributed by atoms with van der Waals surface area (Å²) in [6.07, 6.45) is 9.45. The van der Waals surface area contributed by atoms with E-state index in [9.17, 15) is 13.7 Å². The van der Waals surface area contributed by atoms with E-state index in [1.54, 1.807) is 12.3 Å². The number of hydrogen-bond donors (Lipinski definition) is 1. The number of nitrogens with zero attached hydrogens (tertiary/aromatic N) is 5. The van der Waals surface area contributed by atoms with Crippen LogP contribution in [0.15, 0.2) is 53.9 Å². The van der Waals surface area contributed by atoms with Crippen molar-refractivity contribution < 1.29 is 13.2 Å². The fourth-order valence-corrected chi connectivity index (χ4v) is 5.11. The number of anilines is 1. The van der Waals surface area contributed by atoms with Crippen LogP contribution in [0.4, 0.5) is 5.82 Å². The van der Waals surface area contributed by atoms with Crippen molar-refractivity contribution in [2.75, 3.05) is 4.72 Å². The monoisotopic (exact) mass is 452 g/mol. The summed E-state index contributed by atoms with van der Waals surface area (Å²) in [5.74, 6) is 0.684. The number of sulfonamides is 1. The van der Waals surface area contributed by atoms with Gasteiger partial charge < -0.3 is 4.74 Å². The quantitative estimate of drug-likeness (QED) is 0.569. The third-order valence-corrected chi connectivity index (χ3v) is 7.02. The smallest absolute Gasteiger partial charge is 0.263 e. The largest absolute Gasteiger partial charge is 0.488 e. The van der Waals surface area contributed by atoms with Crippen molar-refractivity contribution >= 4 is 15.8 Å². The van der Waals surface area contributed by atoms with Crippen LogP contribution in [0.1, 0.15) is 49.3 Å². The van der Waals surface area contributed by atoms with Crippen LogP contribution in [-0.4, -0.2) is 34.3 Å². The van der Waals surface area contributed by atoms with Gasteiger partial charge in [-0.05, 0) is 49.6 Å². The van der Waals surface area contributed by atoms with Crippen molar-refractivity contribution in [3.63, 3.8) is 0 Å². The Hall–Kier alpha value is -3.45. The highest BCUT2D eigenvalue weighted by atomic mass is 32.2. The molecule has 32 heavy (non-hydrogen) atoms. The number of benzene rings is 1. The second kappa shape index (κ2) is 9.36. The minimum atomic E-state index is -3.91. The topological polar surface area (TPSA) is 123 Å². The van der Waals surface area contributed by atoms with Crippen LogP contribution in [0, 0.1) is 11.3 Å². The maximum absolute atomic E-state index is 12.7. The predicted octanol–water partition coefficient (Wildman–Crippen LogP) is 3.38. The Bertz CT molecular complexity index is 1220. The van der Waals surface area contributed by atoms with E-state index < -0.39 is 10.0 Å². The summed E-state index contributed by atoms with van der Waals surface area (Å²) in [6.45, 7) is 0. The molecule has 0 spiro atoms. The molecule has 0 saturated heterocycles. The zero-order valence-electron chi connectivity index (χ0n) is 17.7. The fraction of sp³-hybridized carbons (Fsp3) is 0.364. The van der Waals surface area contributed by atoms with Gasteiger partial charge in [0.25, 0.3) is 10.0 Å². The molecule has 2 atom stereocenters. The van der Waals surface area contributed by atoms with E-state index in [-0.39, 0.29) is 28.3 Å². The van der Waals surface area contributed by atoms with Crippen LogP contribution in [0.5, 0.6) is 5.75 Å². The van der Waals surface area contributed by atoms with Gasteiger partial charge in [0, 0.05) is 31.1 Å². The van der Waals surface area contributed by atoms with Gasteiger partial charge in [0.15, 0.2) is 0 Å². The molecule has 1 fully saturated rings. The summed E-state index contributed by atoms with van der Waals surface area (Å²) in [5, 5.41) is 14.0. The molecule has 2 unspecified atom stereocenters. The van der Waals surface area contributed by atoms with Crippen LogP contribution >= 0.6 is 0 Å². The predicted molar refractivity (Wildman–Crippen MR) is 117 cm³/mol. The maximum atomic E-state index is 12.7. The lowest BCUT2D eigenvalue weighted by Crippen LogP contribution is -2.26. The van der Waals surface area contributed by atoms with Crippen LogP contribution in [0.2, 0.25) is 0 Å². The van der Waals surface area contributed by atoms with E-state index >= 15 is 0 Å². The Labute approximate surface area is 187 Å². The van der Waals surface area contributed by atoms with Crippen LogP contribution in [-0.2, 0) is 17.1 Å². The Morgan fingerprint density at radius 2 is 2.00 bits per heavy atom. The maximum Gasteiger partial charge on any atom is 0.263 e. The molecule has 0 aliphatic heterocycles. The molecule has 3 aromatic rings. The van der Waals surface area contributed by atoms with Gasteiger partial charge in [0.2, 0.25) is 0 Å². The minimum absolute atomic E-state index is 0.0379. The Morgan fingerprint density at radius 1 is 1.16 bits per heavy atom. The third-order valence-electron chi connectivity index (χ3n) is 5.67. The number of nitriles is 1. The summed E-state index contributed by atoms with van der Waals surface area (Å²) in [7, 11) is -1.99. The first-order valence-corrected chi connectivity index (χ1v) is 11.9. The molecule has 2 aromatic heterocycles. The van der Waals surface area contributed by atoms with Crippen molar-refractivity contribution in [2.24, 2.45) is 7.05 Å². The summed E-state index contributed by atoms with van der Waals surface area (Å²) >= 11 is 0. The van der Waals surface area contributed by atoms with E-state index in [1.165, 1.54) is 30.7 Å². The lowest BCUT2D eigenvalue weighted by molar-refractivity contribution is 0.157. The number of hydrogen-bond acceptors (Lipinski definition) is 7. The van der Waals surface area contributed by atoms with Crippen LogP contribution < -0.4 is 9.46 Å². The third kappa shape index (κ3) is 4.73. The number of nitrogens with one attached hydrogen (secondary N) is 1. The average Bonchev–Trinajstić information content (AvgIpc) is 3.08. The molecule has 1 aromatic carbocycles. The summed E-state index contributed by atoms with van der Waals surface area (Å²) in [4.78, 5) is 7.61. The van der Waals surface area contributed by atoms with Crippen molar-refractivity contribution in [1.82, 2.24) is 19.7 Å². The molecule has 2 heterocycles. The number of aryl methyl sites for hydroxylation is 1. The number of ether oxygens (including phenoxy) is 1. The highest BCUT2D eigenvalue weighted by Gasteiger charge is 2.30. The fourth-order valence-electron chi connectivity index (χ4n) is 4.08. The molecule has 0 radical (unpaired) electrons. The normalized spacial score (nSPS) is 19.0. The molecule has 0 bridgehead atoms. The zero-order chi connectivity index (χ0) is 22.6. The van der Waals surface area contributed by atoms with Gasteiger partial charge in [-0.25, -0.2) is 18.4 Å². The van der Waals surface area contributed by atoms with Gasteiger partial charge in [-0.1, -0.05) is 12.8 Å². The lowest BCUT2D eigenvalue weighted by Gasteiger charge is -2.27. The molecular weight excluding hydrogens is 428 g/mol. The van der Waals surface area contributed by atoms with Crippen molar-refractivity contribution in [3.05, 3.63) is 60.3 Å². The summed E-state index contributed by atoms with van der Waals surface area (Å²) < 4.78 is 36.1. The molecule has 1 saturated carbocycles. The molecule has 1 aliphatic carbocycles. The van der Waals surface area contributed by atoms with Crippen LogP contribution in [0.3, 0.4) is 0 Å². The van der Waals surface area contributed by atoms with Gasteiger partial charge >= 0.3 is 0 Å². The first kappa shape index (κ1) is 21.8. The first-order chi connectivity index (χ1) is 15.5. The van der Waals surface area contributed by atoms with Crippen molar-refractivity contribution in [2.45, 2.75) is 49.0 Å². The Kier molecular flexibility index (Phi) is 6.37. The second-order valence-corrected chi connectivity index (χ2v) is 9.43. The standard InChI is InChI=1S/C22H24N6O3S/c1-28-19(9-12-26-28)18-5-3-2-4-6-21(18)31-20-8-7-17(13-16(20)14-23)32(29,30)27-22-10-11-24-15-25-22/h7-13,15,18,21H,2-6H2,1H3,(H,24,25,27). The first-order valence-electron chi connectivity index (χ1n) is 10.5. The van der Waals surface area contributed by atoms with E-state index in [0.29, 0.717) is 5.75 Å². The van der Waals surface area contributed by atoms with Gasteiger partial charge in [-0.3, -0.25) is 9.40 Å². The molecule has 10 heteroatoms. The number of aromatic nitrogens is 4. The number of rotatable bonds is 6. The van der Waals surface area contributed by atoms with E-state index in [1.807, 2.05) is 17.8 Å². The molecule has 4 rings (SSSR count). The van der Waals surface area contributed by atoms with Crippen molar-refractivity contribution in [1.29, 1.82) is 5.26 Å². The minimum Gasteiger partial charge on any atom is -0.488 e. The zero-order valence-corrected chi connectivity index (χ0v) is 18.5. The molecule has 1 aliphatic rings. The second-order valence-electron chi connectivity index (χ2n) is 7.75. The van der Waals surface area contributed by atoms with E-state index in [4.69, 9.17) is 4.74 Å². The van der Waals surface area contributed by atoms with E-state index in [0.717, 1.165) is 37.8 Å². The average molecular weight is 453 g/mol. The molecule has 166 valence electrons. The SMILES string of the molecule is Cn1nccc1C1CCCCCC1Oc1ccc(S(=O)(=O)Nc2ccncn2)cc1C#N. The molecule has 1 N–H and O–H groups in total. The van der Waals surface area contributed by atoms with Gasteiger partial charge in [-0.2, -0.15) is 10.4 Å².